The van der Waals surface area contributed by atoms with Gasteiger partial charge in [-0.2, -0.15) is 0 Å². The average molecular weight is 228 g/mol. The van der Waals surface area contributed by atoms with Gasteiger partial charge in [0.15, 0.2) is 0 Å². The highest BCUT2D eigenvalue weighted by atomic mass is 16.4. The predicted octanol–water partition coefficient (Wildman–Crippen LogP) is 2.82. The first-order valence-corrected chi connectivity index (χ1v) is 6.50. The monoisotopic (exact) mass is 228 g/mol. The lowest BCUT2D eigenvalue weighted by Crippen LogP contribution is -2.41. The van der Waals surface area contributed by atoms with E-state index in [1.807, 2.05) is 6.92 Å². The molecule has 0 amide bonds. The molecule has 1 fully saturated rings. The molecule has 3 atom stereocenters. The number of aliphatic hydroxyl groups is 1. The molecule has 0 spiro atoms. The summed E-state index contributed by atoms with van der Waals surface area (Å²) in [4.78, 5) is 11.6. The zero-order chi connectivity index (χ0) is 12.2. The first-order chi connectivity index (χ1) is 7.58. The minimum absolute atomic E-state index is 0.0402. The molecule has 1 aliphatic carbocycles. The molecule has 0 aromatic rings. The second-order valence-electron chi connectivity index (χ2n) is 5.02. The Morgan fingerprint density at radius 2 is 2.06 bits per heavy atom. The van der Waals surface area contributed by atoms with E-state index in [2.05, 4.69) is 6.92 Å². The molecule has 3 nitrogen and oxygen atoms in total. The Kier molecular flexibility index (Phi) is 4.78. The minimum atomic E-state index is -0.714. The number of carbonyl (C=O) groups is 1. The van der Waals surface area contributed by atoms with E-state index < -0.39 is 17.5 Å². The summed E-state index contributed by atoms with van der Waals surface area (Å²) in [6, 6.07) is 0. The lowest BCUT2D eigenvalue weighted by Gasteiger charge is -2.36. The van der Waals surface area contributed by atoms with Crippen LogP contribution >= 0.6 is 0 Å². The van der Waals surface area contributed by atoms with E-state index in [1.165, 1.54) is 0 Å². The Morgan fingerprint density at radius 1 is 1.38 bits per heavy atom. The van der Waals surface area contributed by atoms with Crippen LogP contribution in [-0.2, 0) is 4.79 Å². The van der Waals surface area contributed by atoms with Crippen LogP contribution in [0.5, 0.6) is 0 Å². The average Bonchev–Trinajstić information content (AvgIpc) is 2.67. The van der Waals surface area contributed by atoms with Crippen molar-refractivity contribution in [3.63, 3.8) is 0 Å². The first-order valence-electron chi connectivity index (χ1n) is 6.50. The molecule has 0 bridgehead atoms. The lowest BCUT2D eigenvalue weighted by molar-refractivity contribution is -0.156. The summed E-state index contributed by atoms with van der Waals surface area (Å²) in [5.41, 5.74) is -0.689. The Bertz CT molecular complexity index is 239. The molecule has 0 aromatic carbocycles. The van der Waals surface area contributed by atoms with Crippen molar-refractivity contribution in [3.05, 3.63) is 0 Å². The molecule has 1 saturated carbocycles. The molecule has 0 radical (unpaired) electrons. The molecule has 2 N–H and O–H groups in total. The van der Waals surface area contributed by atoms with Crippen LogP contribution in [0, 0.1) is 11.3 Å². The number of hydrogen-bond acceptors (Lipinski definition) is 2. The molecule has 0 saturated heterocycles. The van der Waals surface area contributed by atoms with Gasteiger partial charge in [0.05, 0.1) is 11.5 Å². The quantitative estimate of drug-likeness (QED) is 0.735. The van der Waals surface area contributed by atoms with Gasteiger partial charge in [0, 0.05) is 5.92 Å². The second-order valence-corrected chi connectivity index (χ2v) is 5.02. The Morgan fingerprint density at radius 3 is 2.44 bits per heavy atom. The van der Waals surface area contributed by atoms with Gasteiger partial charge in [-0.05, 0) is 25.7 Å². The number of carboxylic acid groups (broad SMARTS) is 1. The standard InChI is InChI=1S/C13H24O3/c1-3-5-9-13(4-2,12(15)16)10-7-6-8-11(10)14/h10-11,14H,3-9H2,1-2H3,(H,15,16). The fourth-order valence-corrected chi connectivity index (χ4v) is 3.12. The molecular formula is C13H24O3. The van der Waals surface area contributed by atoms with Gasteiger partial charge in [-0.3, -0.25) is 4.79 Å². The number of hydrogen-bond donors (Lipinski definition) is 2. The van der Waals surface area contributed by atoms with E-state index in [4.69, 9.17) is 0 Å². The number of aliphatic carboxylic acids is 1. The first kappa shape index (κ1) is 13.5. The van der Waals surface area contributed by atoms with Gasteiger partial charge >= 0.3 is 5.97 Å². The molecule has 1 rings (SSSR count). The van der Waals surface area contributed by atoms with Crippen molar-refractivity contribution in [1.29, 1.82) is 0 Å². The van der Waals surface area contributed by atoms with Gasteiger partial charge in [-0.15, -0.1) is 0 Å². The summed E-state index contributed by atoms with van der Waals surface area (Å²) < 4.78 is 0. The van der Waals surface area contributed by atoms with Gasteiger partial charge in [0.1, 0.15) is 0 Å². The van der Waals surface area contributed by atoms with Crippen molar-refractivity contribution in [2.75, 3.05) is 0 Å². The largest absolute Gasteiger partial charge is 0.481 e. The normalized spacial score (nSPS) is 28.9. The van der Waals surface area contributed by atoms with Crippen molar-refractivity contribution < 1.29 is 15.0 Å². The molecule has 16 heavy (non-hydrogen) atoms. The fourth-order valence-electron chi connectivity index (χ4n) is 3.12. The summed E-state index contributed by atoms with van der Waals surface area (Å²) in [5.74, 6) is -0.754. The van der Waals surface area contributed by atoms with E-state index >= 15 is 0 Å². The molecule has 94 valence electrons. The van der Waals surface area contributed by atoms with E-state index in [1.54, 1.807) is 0 Å². The lowest BCUT2D eigenvalue weighted by atomic mass is 9.68. The van der Waals surface area contributed by atoms with Crippen LogP contribution < -0.4 is 0 Å². The molecule has 0 heterocycles. The Hall–Kier alpha value is -0.570. The van der Waals surface area contributed by atoms with Gasteiger partial charge in [-0.25, -0.2) is 0 Å². The fraction of sp³-hybridized carbons (Fsp3) is 0.923. The van der Waals surface area contributed by atoms with Crippen LogP contribution in [0.4, 0.5) is 0 Å². The van der Waals surface area contributed by atoms with E-state index in [9.17, 15) is 15.0 Å². The number of unbranched alkanes of at least 4 members (excludes halogenated alkanes) is 1. The summed E-state index contributed by atoms with van der Waals surface area (Å²) >= 11 is 0. The summed E-state index contributed by atoms with van der Waals surface area (Å²) in [7, 11) is 0. The van der Waals surface area contributed by atoms with Crippen LogP contribution in [0.25, 0.3) is 0 Å². The van der Waals surface area contributed by atoms with Crippen molar-refractivity contribution in [1.82, 2.24) is 0 Å². The van der Waals surface area contributed by atoms with E-state index in [-0.39, 0.29) is 5.92 Å². The number of rotatable bonds is 6. The molecule has 3 unspecified atom stereocenters. The van der Waals surface area contributed by atoms with E-state index in [0.717, 1.165) is 32.1 Å². The SMILES string of the molecule is CCCCC(CC)(C(=O)O)C1CCCC1O. The summed E-state index contributed by atoms with van der Waals surface area (Å²) in [6.07, 6.45) is 5.47. The van der Waals surface area contributed by atoms with Crippen LogP contribution in [0.3, 0.4) is 0 Å². The second kappa shape index (κ2) is 5.67. The molecule has 3 heteroatoms. The molecule has 1 aliphatic rings. The third-order valence-electron chi connectivity index (χ3n) is 4.22. The van der Waals surface area contributed by atoms with Gasteiger partial charge in [-0.1, -0.05) is 33.1 Å². The minimum Gasteiger partial charge on any atom is -0.481 e. The van der Waals surface area contributed by atoms with E-state index in [0.29, 0.717) is 12.8 Å². The number of aliphatic hydroxyl groups excluding tert-OH is 1. The van der Waals surface area contributed by atoms with Crippen LogP contribution in [0.15, 0.2) is 0 Å². The maximum Gasteiger partial charge on any atom is 0.310 e. The predicted molar refractivity (Wildman–Crippen MR) is 63.2 cm³/mol. The topological polar surface area (TPSA) is 57.5 Å². The molecular weight excluding hydrogens is 204 g/mol. The van der Waals surface area contributed by atoms with Gasteiger partial charge in [0.25, 0.3) is 0 Å². The summed E-state index contributed by atoms with van der Waals surface area (Å²) in [6.45, 7) is 4.02. The van der Waals surface area contributed by atoms with Crippen molar-refractivity contribution in [2.24, 2.45) is 11.3 Å². The Labute approximate surface area is 97.9 Å². The third kappa shape index (κ3) is 2.40. The van der Waals surface area contributed by atoms with Crippen molar-refractivity contribution >= 4 is 5.97 Å². The maximum atomic E-state index is 11.6. The Balaban J connectivity index is 2.87. The smallest absolute Gasteiger partial charge is 0.310 e. The molecule has 0 aliphatic heterocycles. The highest BCUT2D eigenvalue weighted by Crippen LogP contribution is 2.46. The van der Waals surface area contributed by atoms with Gasteiger partial charge < -0.3 is 10.2 Å². The molecule has 0 aromatic heterocycles. The highest BCUT2D eigenvalue weighted by Gasteiger charge is 2.48. The maximum absolute atomic E-state index is 11.6. The van der Waals surface area contributed by atoms with Gasteiger partial charge in [0.2, 0.25) is 0 Å². The van der Waals surface area contributed by atoms with Crippen molar-refractivity contribution in [3.8, 4) is 0 Å². The number of carboxylic acids is 1. The van der Waals surface area contributed by atoms with Crippen molar-refractivity contribution in [2.45, 2.75) is 64.9 Å². The zero-order valence-corrected chi connectivity index (χ0v) is 10.4. The van der Waals surface area contributed by atoms with Crippen LogP contribution in [0.2, 0.25) is 0 Å². The van der Waals surface area contributed by atoms with Crippen LogP contribution in [0.1, 0.15) is 58.8 Å². The third-order valence-corrected chi connectivity index (χ3v) is 4.22. The highest BCUT2D eigenvalue weighted by molar-refractivity contribution is 5.75. The zero-order valence-electron chi connectivity index (χ0n) is 10.4. The van der Waals surface area contributed by atoms with Crippen LogP contribution in [-0.4, -0.2) is 22.3 Å². The summed E-state index contributed by atoms with van der Waals surface area (Å²) in [5, 5.41) is 19.5.